The van der Waals surface area contributed by atoms with E-state index >= 15 is 0 Å². The molecule has 1 aliphatic rings. The summed E-state index contributed by atoms with van der Waals surface area (Å²) in [6.45, 7) is 3.34. The number of aryl methyl sites for hydroxylation is 1. The first-order valence-corrected chi connectivity index (χ1v) is 8.49. The second kappa shape index (κ2) is 7.21. The van der Waals surface area contributed by atoms with Crippen LogP contribution in [0.1, 0.15) is 30.1 Å². The van der Waals surface area contributed by atoms with E-state index in [9.17, 15) is 0 Å². The average Bonchev–Trinajstić information content (AvgIpc) is 3.26. The minimum absolute atomic E-state index is 0.173. The van der Waals surface area contributed by atoms with Crippen molar-refractivity contribution in [1.29, 1.82) is 0 Å². The predicted octanol–water partition coefficient (Wildman–Crippen LogP) is 2.47. The molecule has 0 amide bonds. The van der Waals surface area contributed by atoms with Crippen LogP contribution in [0.5, 0.6) is 0 Å². The smallest absolute Gasteiger partial charge is 0.228 e. The fourth-order valence-corrected chi connectivity index (χ4v) is 2.93. The van der Waals surface area contributed by atoms with E-state index in [0.29, 0.717) is 24.7 Å². The Kier molecular flexibility index (Phi) is 5.04. The van der Waals surface area contributed by atoms with E-state index in [1.54, 1.807) is 7.05 Å². The first-order valence-electron chi connectivity index (χ1n) is 8.11. The summed E-state index contributed by atoms with van der Waals surface area (Å²) in [5, 5.41) is 11.3. The van der Waals surface area contributed by atoms with E-state index in [1.165, 1.54) is 18.4 Å². The number of aliphatic imine (C=N–C) groups is 1. The molecule has 2 N–H and O–H groups in total. The van der Waals surface area contributed by atoms with E-state index in [-0.39, 0.29) is 5.41 Å². The molecule has 24 heavy (non-hydrogen) atoms. The van der Waals surface area contributed by atoms with Crippen LogP contribution in [-0.4, -0.2) is 36.2 Å². The number of nitrogens with one attached hydrogen (secondary N) is 2. The van der Waals surface area contributed by atoms with Crippen LogP contribution in [0, 0.1) is 6.92 Å². The Hall–Kier alpha value is -2.08. The van der Waals surface area contributed by atoms with Crippen LogP contribution < -0.4 is 10.6 Å². The van der Waals surface area contributed by atoms with Crippen LogP contribution in [0.15, 0.2) is 33.8 Å². The van der Waals surface area contributed by atoms with Crippen molar-refractivity contribution in [3.05, 3.63) is 46.6 Å². The maximum Gasteiger partial charge on any atom is 0.228 e. The zero-order valence-electron chi connectivity index (χ0n) is 14.0. The van der Waals surface area contributed by atoms with Crippen LogP contribution in [0.3, 0.4) is 0 Å². The molecule has 6 nitrogen and oxygen atoms in total. The van der Waals surface area contributed by atoms with Gasteiger partial charge in [-0.25, -0.2) is 0 Å². The molecule has 1 saturated carbocycles. The maximum absolute atomic E-state index is 6.12. The van der Waals surface area contributed by atoms with Crippen LogP contribution >= 0.6 is 11.6 Å². The third-order valence-corrected chi connectivity index (χ3v) is 4.54. The van der Waals surface area contributed by atoms with E-state index in [4.69, 9.17) is 16.1 Å². The van der Waals surface area contributed by atoms with Gasteiger partial charge in [0.25, 0.3) is 0 Å². The normalized spacial score (nSPS) is 16.0. The summed E-state index contributed by atoms with van der Waals surface area (Å²) in [6, 6.07) is 8.13. The molecule has 7 heteroatoms. The number of nitrogens with zero attached hydrogens (tertiary/aromatic N) is 3. The Morgan fingerprint density at radius 3 is 2.83 bits per heavy atom. The van der Waals surface area contributed by atoms with Gasteiger partial charge in [-0.05, 0) is 37.5 Å². The Balaban J connectivity index is 1.49. The summed E-state index contributed by atoms with van der Waals surface area (Å²) < 4.78 is 5.10. The lowest BCUT2D eigenvalue weighted by Gasteiger charge is -2.19. The van der Waals surface area contributed by atoms with Gasteiger partial charge in [0.15, 0.2) is 11.8 Å². The highest BCUT2D eigenvalue weighted by Gasteiger charge is 2.44. The molecule has 2 aromatic rings. The van der Waals surface area contributed by atoms with Crippen molar-refractivity contribution in [2.75, 3.05) is 20.1 Å². The van der Waals surface area contributed by atoms with Crippen molar-refractivity contribution in [2.24, 2.45) is 4.99 Å². The van der Waals surface area contributed by atoms with Gasteiger partial charge in [-0.1, -0.05) is 28.9 Å². The van der Waals surface area contributed by atoms with Crippen LogP contribution in [-0.2, 0) is 11.8 Å². The summed E-state index contributed by atoms with van der Waals surface area (Å²) >= 11 is 6.12. The first-order chi connectivity index (χ1) is 11.6. The Morgan fingerprint density at radius 1 is 1.38 bits per heavy atom. The molecule has 0 saturated heterocycles. The van der Waals surface area contributed by atoms with Gasteiger partial charge in [-0.2, -0.15) is 4.98 Å². The van der Waals surface area contributed by atoms with Gasteiger partial charge in [0.2, 0.25) is 5.89 Å². The second-order valence-electron chi connectivity index (χ2n) is 6.13. The molecule has 0 aliphatic heterocycles. The zero-order chi connectivity index (χ0) is 17.0. The van der Waals surface area contributed by atoms with E-state index in [2.05, 4.69) is 37.9 Å². The lowest BCUT2D eigenvalue weighted by molar-refractivity contribution is 0.374. The average molecular weight is 348 g/mol. The van der Waals surface area contributed by atoms with Crippen molar-refractivity contribution in [3.8, 4) is 0 Å². The molecule has 3 rings (SSSR count). The van der Waals surface area contributed by atoms with Crippen LogP contribution in [0.25, 0.3) is 0 Å². The third-order valence-electron chi connectivity index (χ3n) is 4.31. The number of benzene rings is 1. The summed E-state index contributed by atoms with van der Waals surface area (Å²) in [6.07, 6.45) is 3.00. The number of hydrogen-bond acceptors (Lipinski definition) is 4. The van der Waals surface area contributed by atoms with Crippen molar-refractivity contribution in [3.63, 3.8) is 0 Å². The van der Waals surface area contributed by atoms with Crippen molar-refractivity contribution in [1.82, 2.24) is 20.8 Å². The zero-order valence-corrected chi connectivity index (χ0v) is 14.7. The number of aromatic nitrogens is 2. The van der Waals surface area contributed by atoms with Gasteiger partial charge in [0.05, 0.1) is 0 Å². The molecular formula is C17H22ClN5O. The number of guanidine groups is 1. The molecule has 1 fully saturated rings. The fraction of sp³-hybridized carbons (Fsp3) is 0.471. The minimum Gasteiger partial charge on any atom is -0.356 e. The molecule has 1 heterocycles. The van der Waals surface area contributed by atoms with Gasteiger partial charge in [-0.3, -0.25) is 4.99 Å². The summed E-state index contributed by atoms with van der Waals surface area (Å²) in [7, 11) is 1.77. The molecule has 1 aliphatic carbocycles. The summed E-state index contributed by atoms with van der Waals surface area (Å²) in [4.78, 5) is 8.45. The largest absolute Gasteiger partial charge is 0.356 e. The fourth-order valence-electron chi connectivity index (χ4n) is 2.74. The molecule has 1 aromatic carbocycles. The number of hydrogen-bond donors (Lipinski definition) is 2. The quantitative estimate of drug-likeness (QED) is 0.620. The SMILES string of the molecule is CN=C(NCCc1nc(C)no1)NCC1(c2cccc(Cl)c2)CC1. The Morgan fingerprint density at radius 2 is 2.21 bits per heavy atom. The molecule has 0 bridgehead atoms. The Labute approximate surface area is 146 Å². The lowest BCUT2D eigenvalue weighted by Crippen LogP contribution is -2.42. The lowest BCUT2D eigenvalue weighted by atomic mass is 9.96. The molecule has 0 atom stereocenters. The van der Waals surface area contributed by atoms with Gasteiger partial charge in [0.1, 0.15) is 0 Å². The highest BCUT2D eigenvalue weighted by molar-refractivity contribution is 6.30. The third kappa shape index (κ3) is 4.06. The first kappa shape index (κ1) is 16.8. The van der Waals surface area contributed by atoms with E-state index in [0.717, 1.165) is 17.5 Å². The highest BCUT2D eigenvalue weighted by Crippen LogP contribution is 2.48. The van der Waals surface area contributed by atoms with Crippen molar-refractivity contribution in [2.45, 2.75) is 31.6 Å². The second-order valence-corrected chi connectivity index (χ2v) is 6.56. The van der Waals surface area contributed by atoms with E-state index in [1.807, 2.05) is 19.1 Å². The van der Waals surface area contributed by atoms with Crippen LogP contribution in [0.4, 0.5) is 0 Å². The molecular weight excluding hydrogens is 326 g/mol. The predicted molar refractivity (Wildman–Crippen MR) is 94.5 cm³/mol. The number of rotatable bonds is 6. The van der Waals surface area contributed by atoms with Crippen molar-refractivity contribution < 1.29 is 4.52 Å². The van der Waals surface area contributed by atoms with Crippen LogP contribution in [0.2, 0.25) is 5.02 Å². The van der Waals surface area contributed by atoms with Gasteiger partial charge in [0, 0.05) is 37.0 Å². The standard InChI is InChI=1S/C17H22ClN5O/c1-12-22-15(24-23-12)6-9-20-16(19-2)21-11-17(7-8-17)13-4-3-5-14(18)10-13/h3-5,10H,6-9,11H2,1-2H3,(H2,19,20,21). The van der Waals surface area contributed by atoms with Gasteiger partial charge < -0.3 is 15.2 Å². The van der Waals surface area contributed by atoms with Gasteiger partial charge >= 0.3 is 0 Å². The van der Waals surface area contributed by atoms with Crippen molar-refractivity contribution >= 4 is 17.6 Å². The molecule has 128 valence electrons. The minimum atomic E-state index is 0.173. The number of halogens is 1. The maximum atomic E-state index is 6.12. The van der Waals surface area contributed by atoms with Gasteiger partial charge in [-0.15, -0.1) is 0 Å². The highest BCUT2D eigenvalue weighted by atomic mass is 35.5. The molecule has 0 radical (unpaired) electrons. The summed E-state index contributed by atoms with van der Waals surface area (Å²) in [5.74, 6) is 2.07. The van der Waals surface area contributed by atoms with E-state index < -0.39 is 0 Å². The monoisotopic (exact) mass is 347 g/mol. The Bertz CT molecular complexity index is 723. The molecule has 0 unspecified atom stereocenters. The molecule has 0 spiro atoms. The molecule has 1 aromatic heterocycles. The topological polar surface area (TPSA) is 75.3 Å². The summed E-state index contributed by atoms with van der Waals surface area (Å²) in [5.41, 5.74) is 1.46.